The van der Waals surface area contributed by atoms with Crippen LogP contribution in [0.2, 0.25) is 0 Å². The van der Waals surface area contributed by atoms with E-state index in [0.717, 1.165) is 0 Å². The molecule has 0 N–H and O–H groups in total. The molecule has 0 aliphatic rings. The predicted molar refractivity (Wildman–Crippen MR) is 80.9 cm³/mol. The van der Waals surface area contributed by atoms with Gasteiger partial charge in [-0.15, -0.1) is 0 Å². The van der Waals surface area contributed by atoms with Gasteiger partial charge in [-0.2, -0.15) is 18.2 Å². The van der Waals surface area contributed by atoms with E-state index >= 15 is 0 Å². The van der Waals surface area contributed by atoms with Crippen molar-refractivity contribution in [3.63, 3.8) is 0 Å². The van der Waals surface area contributed by atoms with E-state index in [1.165, 1.54) is 11.1 Å². The average Bonchev–Trinajstić information content (AvgIpc) is 2.83. The van der Waals surface area contributed by atoms with Gasteiger partial charge in [-0.05, 0) is 18.4 Å². The van der Waals surface area contributed by atoms with Gasteiger partial charge < -0.3 is 0 Å². The van der Waals surface area contributed by atoms with E-state index in [9.17, 15) is 25.2 Å². The molecule has 0 aliphatic carbocycles. The molecule has 0 saturated carbocycles. The summed E-state index contributed by atoms with van der Waals surface area (Å²) in [5.41, 5.74) is 2.76. The van der Waals surface area contributed by atoms with Gasteiger partial charge in [0.2, 0.25) is 0 Å². The number of benzene rings is 1. The van der Waals surface area contributed by atoms with Gasteiger partial charge in [-0.1, -0.05) is 43.7 Å². The molecule has 0 unspecified atom stereocenters. The first-order valence-electron chi connectivity index (χ1n) is 6.45. The minimum atomic E-state index is -10.7. The summed E-state index contributed by atoms with van der Waals surface area (Å²) in [6, 6.07) is 18.7. The van der Waals surface area contributed by atoms with E-state index in [-0.39, 0.29) is 17.1 Å². The van der Waals surface area contributed by atoms with Crippen molar-refractivity contribution in [3.8, 4) is 0 Å². The summed E-state index contributed by atoms with van der Waals surface area (Å²) in [4.78, 5) is 0. The predicted octanol–water partition coefficient (Wildman–Crippen LogP) is 7.90. The Balaban J connectivity index is 0. The van der Waals surface area contributed by atoms with E-state index < -0.39 is 7.81 Å². The van der Waals surface area contributed by atoms with Gasteiger partial charge in [-0.3, -0.25) is 0 Å². The van der Waals surface area contributed by atoms with Gasteiger partial charge in [0.15, 0.2) is 0 Å². The summed E-state index contributed by atoms with van der Waals surface area (Å²) in [5, 5.41) is 0. The fraction of sp³-hybridized carbons (Fsp3) is 0.267. The first-order chi connectivity index (χ1) is 9.65. The van der Waals surface area contributed by atoms with Crippen LogP contribution in [0.3, 0.4) is 0 Å². The fourth-order valence-electron chi connectivity index (χ4n) is 1.27. The monoisotopic (exact) mass is 400 g/mol. The van der Waals surface area contributed by atoms with Crippen molar-refractivity contribution in [3.05, 3.63) is 65.7 Å². The van der Waals surface area contributed by atoms with E-state index in [1.54, 1.807) is 0 Å². The van der Waals surface area contributed by atoms with Crippen LogP contribution in [0.4, 0.5) is 25.2 Å². The molecular formula is C15H19F6FeP. The largest absolute Gasteiger partial charge is 2.00 e. The van der Waals surface area contributed by atoms with Crippen LogP contribution in [0, 0.1) is 6.92 Å². The minimum Gasteiger partial charge on any atom is -0.214 e. The van der Waals surface area contributed by atoms with Crippen LogP contribution >= 0.6 is 7.81 Å². The van der Waals surface area contributed by atoms with Crippen LogP contribution in [-0.2, 0) is 17.1 Å². The Morgan fingerprint density at radius 2 is 1.17 bits per heavy atom. The van der Waals surface area contributed by atoms with Gasteiger partial charge >= 0.3 is 50.1 Å². The summed E-state index contributed by atoms with van der Waals surface area (Å²) in [6.45, 7) is 6.54. The van der Waals surface area contributed by atoms with E-state index in [1.807, 2.05) is 30.3 Å². The van der Waals surface area contributed by atoms with Crippen molar-refractivity contribution < 1.29 is 42.3 Å². The second-order valence-electron chi connectivity index (χ2n) is 4.99. The minimum absolute atomic E-state index is 0. The zero-order valence-electron chi connectivity index (χ0n) is 12.8. The van der Waals surface area contributed by atoms with E-state index in [2.05, 4.69) is 45.0 Å². The fourth-order valence-corrected chi connectivity index (χ4v) is 1.27. The summed E-state index contributed by atoms with van der Waals surface area (Å²) >= 11 is 0. The first-order valence-corrected chi connectivity index (χ1v) is 8.47. The maximum atomic E-state index is 9.87. The molecule has 8 heteroatoms. The van der Waals surface area contributed by atoms with Crippen molar-refractivity contribution in [2.24, 2.45) is 0 Å². The van der Waals surface area contributed by atoms with Crippen molar-refractivity contribution in [1.82, 2.24) is 0 Å². The van der Waals surface area contributed by atoms with Gasteiger partial charge in [0.05, 0.1) is 0 Å². The summed E-state index contributed by atoms with van der Waals surface area (Å²) < 4.78 is 59.2. The third-order valence-electron chi connectivity index (χ3n) is 2.30. The molecule has 0 heterocycles. The number of hydrogen-bond donors (Lipinski definition) is 0. The van der Waals surface area contributed by atoms with Crippen molar-refractivity contribution in [2.75, 3.05) is 0 Å². The maximum Gasteiger partial charge on any atom is 2.00 e. The molecule has 134 valence electrons. The number of halogens is 6. The van der Waals surface area contributed by atoms with Crippen molar-refractivity contribution in [2.45, 2.75) is 26.7 Å². The van der Waals surface area contributed by atoms with Gasteiger partial charge in [0.1, 0.15) is 0 Å². The Hall–Kier alpha value is -0.901. The molecule has 0 fully saturated rings. The first kappa shape index (κ1) is 24.4. The molecule has 2 aromatic rings. The molecule has 0 amide bonds. The molecule has 0 aliphatic heterocycles. The number of aryl methyl sites for hydroxylation is 1. The van der Waals surface area contributed by atoms with Crippen LogP contribution in [0.15, 0.2) is 54.6 Å². The zero-order valence-corrected chi connectivity index (χ0v) is 14.8. The molecule has 2 rings (SSSR count). The third-order valence-corrected chi connectivity index (χ3v) is 2.30. The van der Waals surface area contributed by atoms with Gasteiger partial charge in [0.25, 0.3) is 0 Å². The second kappa shape index (κ2) is 8.27. The summed E-state index contributed by atoms with van der Waals surface area (Å²) in [6.07, 6.45) is 0. The molecule has 0 atom stereocenters. The van der Waals surface area contributed by atoms with Crippen LogP contribution in [0.1, 0.15) is 30.9 Å². The number of rotatable bonds is 1. The SMILES string of the molecule is Cc1ccc(C(C)C)cc1.F[P-](F)(F)(F)(F)F.[Fe+2].c1cc[cH-]c1. The van der Waals surface area contributed by atoms with Crippen LogP contribution in [-0.4, -0.2) is 0 Å². The Labute approximate surface area is 143 Å². The molecule has 0 spiro atoms. The van der Waals surface area contributed by atoms with Gasteiger partial charge in [-0.25, -0.2) is 12.1 Å². The van der Waals surface area contributed by atoms with Crippen molar-refractivity contribution in [1.29, 1.82) is 0 Å². The molecule has 0 aromatic heterocycles. The molecule has 0 nitrogen and oxygen atoms in total. The van der Waals surface area contributed by atoms with Gasteiger partial charge in [0, 0.05) is 0 Å². The standard InChI is InChI=1S/C10H14.C5H5.F6P.Fe/c1-8(2)10-6-4-9(3)5-7-10;1-2-4-5-3-1;1-7(2,3,4,5)6;/h4-8H,1-3H3;1-5H;;/q;2*-1;+2. The molecule has 0 bridgehead atoms. The molecular weight excluding hydrogens is 381 g/mol. The van der Waals surface area contributed by atoms with Crippen LogP contribution < -0.4 is 0 Å². The quantitative estimate of drug-likeness (QED) is 0.198. The Bertz CT molecular complexity index is 500. The van der Waals surface area contributed by atoms with Crippen molar-refractivity contribution >= 4 is 7.81 Å². The second-order valence-corrected chi connectivity index (χ2v) is 6.90. The molecule has 2 aromatic carbocycles. The average molecular weight is 400 g/mol. The van der Waals surface area contributed by atoms with Crippen LogP contribution in [0.25, 0.3) is 0 Å². The normalized spacial score (nSPS) is 13.3. The molecule has 23 heavy (non-hydrogen) atoms. The van der Waals surface area contributed by atoms with Crippen LogP contribution in [0.5, 0.6) is 0 Å². The Kier molecular flexibility index (Phi) is 8.76. The summed E-state index contributed by atoms with van der Waals surface area (Å²) in [7, 11) is -10.7. The maximum absolute atomic E-state index is 10.7. The molecule has 0 saturated heterocycles. The zero-order chi connectivity index (χ0) is 17.5. The molecule has 0 radical (unpaired) electrons. The third kappa shape index (κ3) is 23.5. The van der Waals surface area contributed by atoms with E-state index in [4.69, 9.17) is 0 Å². The smallest absolute Gasteiger partial charge is 0.214 e. The number of hydrogen-bond acceptors (Lipinski definition) is 0. The summed E-state index contributed by atoms with van der Waals surface area (Å²) in [5.74, 6) is 0.653. The topological polar surface area (TPSA) is 0 Å². The Morgan fingerprint density at radius 1 is 0.826 bits per heavy atom. The van der Waals surface area contributed by atoms with E-state index in [0.29, 0.717) is 5.92 Å². The Morgan fingerprint density at radius 3 is 1.39 bits per heavy atom.